The van der Waals surface area contributed by atoms with Crippen LogP contribution in [-0.2, 0) is 14.9 Å². The predicted octanol–water partition coefficient (Wildman–Crippen LogP) is 2.28. The molecule has 1 aromatic rings. The number of ether oxygens (including phenoxy) is 1. The predicted molar refractivity (Wildman–Crippen MR) is 67.6 cm³/mol. The second kappa shape index (κ2) is 6.02. The summed E-state index contributed by atoms with van der Waals surface area (Å²) in [6.07, 6.45) is -8.04. The quantitative estimate of drug-likeness (QED) is 0.678. The number of aryl methyl sites for hydroxylation is 2. The van der Waals surface area contributed by atoms with Gasteiger partial charge in [0.1, 0.15) is 5.75 Å². The van der Waals surface area contributed by atoms with Crippen molar-refractivity contribution < 1.29 is 35.7 Å². The monoisotopic (exact) mass is 326 g/mol. The van der Waals surface area contributed by atoms with Gasteiger partial charge in [-0.15, -0.1) is 0 Å². The smallest absolute Gasteiger partial charge is 0.426 e. The zero-order valence-corrected chi connectivity index (χ0v) is 12.0. The molecule has 1 rings (SSSR count). The van der Waals surface area contributed by atoms with Gasteiger partial charge < -0.3 is 4.74 Å². The van der Waals surface area contributed by atoms with E-state index in [1.165, 1.54) is 19.1 Å². The molecule has 0 aliphatic heterocycles. The minimum atomic E-state index is -5.11. The number of carbonyl (C=O) groups is 1. The molecule has 0 radical (unpaired) electrons. The first kappa shape index (κ1) is 17.4. The van der Waals surface area contributed by atoms with Gasteiger partial charge in [-0.3, -0.25) is 4.55 Å². The van der Waals surface area contributed by atoms with E-state index in [9.17, 15) is 26.4 Å². The number of hydrogen-bond donors (Lipinski definition) is 1. The number of rotatable bonds is 4. The van der Waals surface area contributed by atoms with Crippen LogP contribution in [0.25, 0.3) is 0 Å². The van der Waals surface area contributed by atoms with Gasteiger partial charge in [0.15, 0.2) is 0 Å². The van der Waals surface area contributed by atoms with Crippen molar-refractivity contribution in [3.63, 3.8) is 0 Å². The second-order valence-electron chi connectivity index (χ2n) is 4.50. The normalized spacial score (nSPS) is 13.8. The van der Waals surface area contributed by atoms with Gasteiger partial charge in [-0.1, -0.05) is 17.7 Å². The molecule has 9 heteroatoms. The van der Waals surface area contributed by atoms with Crippen LogP contribution in [0.3, 0.4) is 0 Å². The van der Waals surface area contributed by atoms with Gasteiger partial charge in [0, 0.05) is 0 Å². The molecule has 21 heavy (non-hydrogen) atoms. The van der Waals surface area contributed by atoms with Crippen molar-refractivity contribution in [3.05, 3.63) is 34.9 Å². The van der Waals surface area contributed by atoms with Crippen molar-refractivity contribution in [3.8, 4) is 0 Å². The molecule has 0 bridgehead atoms. The first-order valence-corrected chi connectivity index (χ1v) is 7.31. The minimum Gasteiger partial charge on any atom is -0.448 e. The summed E-state index contributed by atoms with van der Waals surface area (Å²) in [5, 5.41) is 0. The summed E-state index contributed by atoms with van der Waals surface area (Å²) in [5.74, 6) is -3.05. The number of hydrogen-bond acceptors (Lipinski definition) is 4. The molecular weight excluding hydrogens is 313 g/mol. The van der Waals surface area contributed by atoms with Gasteiger partial charge in [0.2, 0.25) is 6.10 Å². The molecule has 1 unspecified atom stereocenters. The van der Waals surface area contributed by atoms with Crippen molar-refractivity contribution in [2.75, 3.05) is 5.75 Å². The van der Waals surface area contributed by atoms with Gasteiger partial charge in [0.25, 0.3) is 10.1 Å². The standard InChI is InChI=1S/C12H13F3O5S/c1-7-3-4-9(8(2)5-7)11(16)20-10(12(13,14)15)6-21(17,18)19/h3-5,10H,6H2,1-2H3,(H,17,18,19). The van der Waals surface area contributed by atoms with Gasteiger partial charge >= 0.3 is 12.1 Å². The van der Waals surface area contributed by atoms with Crippen molar-refractivity contribution in [2.24, 2.45) is 0 Å². The van der Waals surface area contributed by atoms with Crippen LogP contribution >= 0.6 is 0 Å². The number of esters is 1. The molecule has 0 aromatic heterocycles. The zero-order chi connectivity index (χ0) is 16.4. The van der Waals surface area contributed by atoms with Crippen LogP contribution in [0.2, 0.25) is 0 Å². The fourth-order valence-electron chi connectivity index (χ4n) is 1.62. The van der Waals surface area contributed by atoms with E-state index in [0.717, 1.165) is 5.56 Å². The lowest BCUT2D eigenvalue weighted by Crippen LogP contribution is -2.39. The molecule has 1 atom stereocenters. The fraction of sp³-hybridized carbons (Fsp3) is 0.417. The maximum absolute atomic E-state index is 12.6. The lowest BCUT2D eigenvalue weighted by molar-refractivity contribution is -0.197. The maximum Gasteiger partial charge on any atom is 0.426 e. The third kappa shape index (κ3) is 5.35. The second-order valence-corrected chi connectivity index (χ2v) is 6.00. The summed E-state index contributed by atoms with van der Waals surface area (Å²) >= 11 is 0. The average molecular weight is 326 g/mol. The summed E-state index contributed by atoms with van der Waals surface area (Å²) in [4.78, 5) is 11.7. The zero-order valence-electron chi connectivity index (χ0n) is 11.1. The van der Waals surface area contributed by atoms with E-state index in [2.05, 4.69) is 4.74 Å². The van der Waals surface area contributed by atoms with Gasteiger partial charge in [-0.05, 0) is 25.5 Å². The summed E-state index contributed by atoms with van der Waals surface area (Å²) in [5.41, 5.74) is 1.09. The summed E-state index contributed by atoms with van der Waals surface area (Å²) in [6, 6.07) is 4.37. The van der Waals surface area contributed by atoms with Crippen molar-refractivity contribution in [2.45, 2.75) is 26.1 Å². The highest BCUT2D eigenvalue weighted by Gasteiger charge is 2.45. The highest BCUT2D eigenvalue weighted by molar-refractivity contribution is 7.85. The number of alkyl halides is 3. The van der Waals surface area contributed by atoms with E-state index in [4.69, 9.17) is 4.55 Å². The largest absolute Gasteiger partial charge is 0.448 e. The lowest BCUT2D eigenvalue weighted by Gasteiger charge is -2.20. The average Bonchev–Trinajstić information content (AvgIpc) is 2.24. The highest BCUT2D eigenvalue weighted by Crippen LogP contribution is 2.25. The molecule has 0 amide bonds. The van der Waals surface area contributed by atoms with E-state index < -0.39 is 34.1 Å². The number of halogens is 3. The Morgan fingerprint density at radius 1 is 1.33 bits per heavy atom. The summed E-state index contributed by atoms with van der Waals surface area (Å²) in [6.45, 7) is 3.24. The van der Waals surface area contributed by atoms with Crippen LogP contribution in [0.4, 0.5) is 13.2 Å². The number of carbonyl (C=O) groups excluding carboxylic acids is 1. The van der Waals surface area contributed by atoms with Crippen LogP contribution in [0, 0.1) is 13.8 Å². The Hall–Kier alpha value is -1.61. The molecule has 118 valence electrons. The maximum atomic E-state index is 12.6. The Morgan fingerprint density at radius 3 is 2.33 bits per heavy atom. The molecular formula is C12H13F3O5S. The minimum absolute atomic E-state index is 0.106. The van der Waals surface area contributed by atoms with E-state index in [-0.39, 0.29) is 5.56 Å². The molecule has 1 aromatic carbocycles. The van der Waals surface area contributed by atoms with Crippen LogP contribution in [-0.4, -0.2) is 37.0 Å². The highest BCUT2D eigenvalue weighted by atomic mass is 32.2. The lowest BCUT2D eigenvalue weighted by atomic mass is 10.1. The molecule has 0 saturated heterocycles. The number of benzene rings is 1. The molecule has 5 nitrogen and oxygen atoms in total. The van der Waals surface area contributed by atoms with Crippen LogP contribution in [0.1, 0.15) is 21.5 Å². The Kier molecular flexibility index (Phi) is 5.00. The Morgan fingerprint density at radius 2 is 1.90 bits per heavy atom. The van der Waals surface area contributed by atoms with Gasteiger partial charge in [-0.2, -0.15) is 21.6 Å². The fourth-order valence-corrected chi connectivity index (χ4v) is 2.26. The molecule has 1 N–H and O–H groups in total. The van der Waals surface area contributed by atoms with Crippen LogP contribution < -0.4 is 0 Å². The third-order valence-electron chi connectivity index (χ3n) is 2.58. The Bertz CT molecular complexity index is 637. The molecule has 0 saturated carbocycles. The Balaban J connectivity index is 3.01. The SMILES string of the molecule is Cc1ccc(C(=O)OC(CS(=O)(=O)O)C(F)(F)F)c(C)c1. The van der Waals surface area contributed by atoms with E-state index in [1.54, 1.807) is 13.0 Å². The van der Waals surface area contributed by atoms with Crippen molar-refractivity contribution in [1.82, 2.24) is 0 Å². The first-order chi connectivity index (χ1) is 9.40. The van der Waals surface area contributed by atoms with E-state index in [1.807, 2.05) is 0 Å². The van der Waals surface area contributed by atoms with E-state index >= 15 is 0 Å². The molecule has 0 heterocycles. The first-order valence-electron chi connectivity index (χ1n) is 5.70. The summed E-state index contributed by atoms with van der Waals surface area (Å²) < 4.78 is 71.8. The van der Waals surface area contributed by atoms with Crippen molar-refractivity contribution >= 4 is 16.1 Å². The topological polar surface area (TPSA) is 80.7 Å². The van der Waals surface area contributed by atoms with Crippen molar-refractivity contribution in [1.29, 1.82) is 0 Å². The van der Waals surface area contributed by atoms with Gasteiger partial charge in [-0.25, -0.2) is 4.79 Å². The third-order valence-corrected chi connectivity index (χ3v) is 3.30. The summed E-state index contributed by atoms with van der Waals surface area (Å²) in [7, 11) is -4.95. The van der Waals surface area contributed by atoms with Gasteiger partial charge in [0.05, 0.1) is 5.56 Å². The van der Waals surface area contributed by atoms with Crippen LogP contribution in [0.5, 0.6) is 0 Å². The van der Waals surface area contributed by atoms with E-state index in [0.29, 0.717) is 5.56 Å². The molecule has 0 aliphatic carbocycles. The molecule has 0 aliphatic rings. The molecule has 0 spiro atoms. The van der Waals surface area contributed by atoms with Crippen LogP contribution in [0.15, 0.2) is 18.2 Å². The molecule has 0 fully saturated rings. The Labute approximate surface area is 119 Å².